The van der Waals surface area contributed by atoms with Crippen LogP contribution in [0.1, 0.15) is 10.4 Å². The average Bonchev–Trinajstić information content (AvgIpc) is 2.51. The minimum Gasteiger partial charge on any atom is -0.351 e. The van der Waals surface area contributed by atoms with Gasteiger partial charge in [0.25, 0.3) is 5.91 Å². The van der Waals surface area contributed by atoms with Crippen molar-refractivity contribution in [2.75, 3.05) is 13.1 Å². The minimum atomic E-state index is -3.80. The molecule has 24 heavy (non-hydrogen) atoms. The number of sulfonamides is 1. The molecule has 2 aromatic carbocycles. The molecule has 0 radical (unpaired) electrons. The van der Waals surface area contributed by atoms with Gasteiger partial charge in [-0.15, -0.1) is 0 Å². The highest BCUT2D eigenvalue weighted by Crippen LogP contribution is 2.15. The highest BCUT2D eigenvalue weighted by atomic mass is 35.5. The Labute approximate surface area is 142 Å². The summed E-state index contributed by atoms with van der Waals surface area (Å²) in [5.74, 6) is -2.95. The largest absolute Gasteiger partial charge is 0.351 e. The Morgan fingerprint density at radius 3 is 2.29 bits per heavy atom. The van der Waals surface area contributed by atoms with Crippen molar-refractivity contribution < 1.29 is 22.0 Å². The molecule has 128 valence electrons. The van der Waals surface area contributed by atoms with Gasteiger partial charge in [0.05, 0.1) is 4.90 Å². The van der Waals surface area contributed by atoms with Crippen molar-refractivity contribution in [1.82, 2.24) is 10.0 Å². The van der Waals surface area contributed by atoms with Crippen LogP contribution in [-0.4, -0.2) is 27.4 Å². The third-order valence-corrected chi connectivity index (χ3v) is 4.69. The molecular weight excluding hydrogens is 362 g/mol. The standard InChI is InChI=1S/C15H13ClF2N2O3S/c16-10-3-1-4-11(9-10)24(22,23)20-8-7-19-15(21)14-12(17)5-2-6-13(14)18/h1-6,9,20H,7-8H2,(H,19,21). The Morgan fingerprint density at radius 2 is 1.67 bits per heavy atom. The summed E-state index contributed by atoms with van der Waals surface area (Å²) < 4.78 is 53.1. The number of halogens is 3. The molecule has 0 unspecified atom stereocenters. The van der Waals surface area contributed by atoms with Crippen LogP contribution in [-0.2, 0) is 10.0 Å². The van der Waals surface area contributed by atoms with E-state index in [4.69, 9.17) is 11.6 Å². The summed E-state index contributed by atoms with van der Waals surface area (Å²) in [5, 5.41) is 2.51. The maximum Gasteiger partial charge on any atom is 0.257 e. The summed E-state index contributed by atoms with van der Waals surface area (Å²) in [6.07, 6.45) is 0. The van der Waals surface area contributed by atoms with Crippen LogP contribution in [0.3, 0.4) is 0 Å². The van der Waals surface area contributed by atoms with E-state index in [1.54, 1.807) is 0 Å². The maximum absolute atomic E-state index is 13.4. The van der Waals surface area contributed by atoms with E-state index in [-0.39, 0.29) is 23.0 Å². The third kappa shape index (κ3) is 4.50. The first kappa shape index (κ1) is 18.3. The first-order valence-electron chi connectivity index (χ1n) is 6.79. The van der Waals surface area contributed by atoms with Gasteiger partial charge in [-0.3, -0.25) is 4.79 Å². The molecule has 9 heteroatoms. The Balaban J connectivity index is 1.92. The predicted molar refractivity (Wildman–Crippen MR) is 85.3 cm³/mol. The van der Waals surface area contributed by atoms with E-state index in [0.29, 0.717) is 0 Å². The summed E-state index contributed by atoms with van der Waals surface area (Å²) >= 11 is 5.73. The molecule has 2 aromatic rings. The summed E-state index contributed by atoms with van der Waals surface area (Å²) in [6.45, 7) is -0.303. The summed E-state index contributed by atoms with van der Waals surface area (Å²) in [7, 11) is -3.80. The molecule has 0 bridgehead atoms. The van der Waals surface area contributed by atoms with Gasteiger partial charge in [0.2, 0.25) is 10.0 Å². The van der Waals surface area contributed by atoms with E-state index in [2.05, 4.69) is 10.0 Å². The van der Waals surface area contributed by atoms with E-state index >= 15 is 0 Å². The summed E-state index contributed by atoms with van der Waals surface area (Å²) in [5.41, 5.74) is -0.713. The third-order valence-electron chi connectivity index (χ3n) is 3.00. The molecule has 0 aliphatic rings. The van der Waals surface area contributed by atoms with Gasteiger partial charge in [0.1, 0.15) is 17.2 Å². The van der Waals surface area contributed by atoms with E-state index < -0.39 is 33.1 Å². The highest BCUT2D eigenvalue weighted by Gasteiger charge is 2.17. The van der Waals surface area contributed by atoms with Gasteiger partial charge < -0.3 is 5.32 Å². The molecule has 1 amide bonds. The molecule has 0 aliphatic heterocycles. The lowest BCUT2D eigenvalue weighted by Crippen LogP contribution is -2.35. The molecule has 0 saturated heterocycles. The zero-order valence-electron chi connectivity index (χ0n) is 12.2. The molecule has 0 heterocycles. The second-order valence-corrected chi connectivity index (χ2v) is 6.91. The first-order valence-corrected chi connectivity index (χ1v) is 8.65. The molecule has 0 aliphatic carbocycles. The number of amides is 1. The predicted octanol–water partition coefficient (Wildman–Crippen LogP) is 2.33. The second kappa shape index (κ2) is 7.69. The fourth-order valence-corrected chi connectivity index (χ4v) is 3.21. The molecular formula is C15H13ClF2N2O3S. The van der Waals surface area contributed by atoms with Gasteiger partial charge >= 0.3 is 0 Å². The van der Waals surface area contributed by atoms with Crippen LogP contribution in [0, 0.1) is 11.6 Å². The normalized spacial score (nSPS) is 11.3. The molecule has 0 saturated carbocycles. The number of benzene rings is 2. The zero-order valence-corrected chi connectivity index (χ0v) is 13.8. The SMILES string of the molecule is O=C(NCCNS(=O)(=O)c1cccc(Cl)c1)c1c(F)cccc1F. The van der Waals surface area contributed by atoms with E-state index in [0.717, 1.165) is 18.2 Å². The van der Waals surface area contributed by atoms with Gasteiger partial charge in [-0.2, -0.15) is 0 Å². The van der Waals surface area contributed by atoms with E-state index in [9.17, 15) is 22.0 Å². The van der Waals surface area contributed by atoms with E-state index in [1.165, 1.54) is 24.3 Å². The van der Waals surface area contributed by atoms with Gasteiger partial charge in [0, 0.05) is 18.1 Å². The molecule has 2 N–H and O–H groups in total. The van der Waals surface area contributed by atoms with Crippen LogP contribution in [0.2, 0.25) is 5.02 Å². The monoisotopic (exact) mass is 374 g/mol. The molecule has 0 spiro atoms. The Kier molecular flexibility index (Phi) is 5.87. The number of nitrogens with one attached hydrogen (secondary N) is 2. The summed E-state index contributed by atoms with van der Waals surface area (Å²) in [4.78, 5) is 11.7. The van der Waals surface area contributed by atoms with Crippen LogP contribution in [0.25, 0.3) is 0 Å². The second-order valence-electron chi connectivity index (χ2n) is 4.71. The van der Waals surface area contributed by atoms with Crippen LogP contribution in [0.15, 0.2) is 47.4 Å². The Hall–Kier alpha value is -2.03. The van der Waals surface area contributed by atoms with Crippen molar-refractivity contribution in [3.63, 3.8) is 0 Å². The van der Waals surface area contributed by atoms with Crippen molar-refractivity contribution in [3.05, 3.63) is 64.7 Å². The highest BCUT2D eigenvalue weighted by molar-refractivity contribution is 7.89. The molecule has 5 nitrogen and oxygen atoms in total. The number of hydrogen-bond acceptors (Lipinski definition) is 3. The topological polar surface area (TPSA) is 75.3 Å². The number of carbonyl (C=O) groups is 1. The molecule has 0 atom stereocenters. The van der Waals surface area contributed by atoms with Gasteiger partial charge in [0.15, 0.2) is 0 Å². The molecule has 0 fully saturated rings. The first-order chi connectivity index (χ1) is 11.3. The number of carbonyl (C=O) groups excluding carboxylic acids is 1. The van der Waals surface area contributed by atoms with Crippen molar-refractivity contribution in [2.24, 2.45) is 0 Å². The Bertz CT molecular complexity index is 839. The lowest BCUT2D eigenvalue weighted by Gasteiger charge is -2.09. The lowest BCUT2D eigenvalue weighted by atomic mass is 10.2. The van der Waals surface area contributed by atoms with E-state index in [1.807, 2.05) is 0 Å². The van der Waals surface area contributed by atoms with Crippen LogP contribution >= 0.6 is 11.6 Å². The fraction of sp³-hybridized carbons (Fsp3) is 0.133. The fourth-order valence-electron chi connectivity index (χ4n) is 1.88. The van der Waals surface area contributed by atoms with Crippen LogP contribution in [0.4, 0.5) is 8.78 Å². The number of rotatable bonds is 6. The number of hydrogen-bond donors (Lipinski definition) is 2. The van der Waals surface area contributed by atoms with Gasteiger partial charge in [-0.05, 0) is 30.3 Å². The molecule has 0 aromatic heterocycles. The smallest absolute Gasteiger partial charge is 0.257 e. The average molecular weight is 375 g/mol. The van der Waals surface area contributed by atoms with Crippen molar-refractivity contribution in [3.8, 4) is 0 Å². The van der Waals surface area contributed by atoms with Crippen LogP contribution in [0.5, 0.6) is 0 Å². The molecule has 2 rings (SSSR count). The quantitative estimate of drug-likeness (QED) is 0.762. The zero-order chi connectivity index (χ0) is 17.7. The van der Waals surface area contributed by atoms with Crippen molar-refractivity contribution in [2.45, 2.75) is 4.90 Å². The minimum absolute atomic E-state index is 0.0264. The van der Waals surface area contributed by atoms with Crippen LogP contribution < -0.4 is 10.0 Å². The lowest BCUT2D eigenvalue weighted by molar-refractivity contribution is 0.0946. The van der Waals surface area contributed by atoms with Gasteiger partial charge in [-0.25, -0.2) is 21.9 Å². The van der Waals surface area contributed by atoms with Crippen molar-refractivity contribution in [1.29, 1.82) is 0 Å². The van der Waals surface area contributed by atoms with Crippen molar-refractivity contribution >= 4 is 27.5 Å². The maximum atomic E-state index is 13.4. The summed E-state index contributed by atoms with van der Waals surface area (Å²) in [6, 6.07) is 8.71. The van der Waals surface area contributed by atoms with Gasteiger partial charge in [-0.1, -0.05) is 23.7 Å². The Morgan fingerprint density at radius 1 is 1.04 bits per heavy atom.